The zero-order valence-electron chi connectivity index (χ0n) is 11.0. The lowest BCUT2D eigenvalue weighted by molar-refractivity contribution is -0.0246. The first kappa shape index (κ1) is 17.3. The molecule has 0 spiro atoms. The van der Waals surface area contributed by atoms with E-state index in [0.29, 0.717) is 12.8 Å². The molecule has 0 aromatic carbocycles. The SMILES string of the molecule is CSSCO.O=c1ccn(C2CCC(CO)O2)c(=O)[nH]1. The molecule has 1 fully saturated rings. The molecule has 2 atom stereocenters. The number of nitrogens with zero attached hydrogens (tertiary/aromatic N) is 1. The van der Waals surface area contributed by atoms with E-state index in [0.717, 1.165) is 0 Å². The summed E-state index contributed by atoms with van der Waals surface area (Å²) in [7, 11) is 3.00. The quantitative estimate of drug-likeness (QED) is 0.535. The molecule has 0 radical (unpaired) electrons. The second kappa shape index (κ2) is 9.24. The minimum atomic E-state index is -0.480. The minimum absolute atomic E-state index is 0.0470. The van der Waals surface area contributed by atoms with Crippen LogP contribution in [0.25, 0.3) is 0 Å². The third kappa shape index (κ3) is 5.33. The van der Waals surface area contributed by atoms with Gasteiger partial charge in [-0.3, -0.25) is 14.3 Å². The van der Waals surface area contributed by atoms with Crippen molar-refractivity contribution in [3.05, 3.63) is 33.1 Å². The average molecular weight is 322 g/mol. The van der Waals surface area contributed by atoms with Crippen LogP contribution in [0.1, 0.15) is 19.1 Å². The molecule has 2 heterocycles. The van der Waals surface area contributed by atoms with Crippen LogP contribution in [0.2, 0.25) is 0 Å². The van der Waals surface area contributed by atoms with Gasteiger partial charge in [0.05, 0.1) is 18.6 Å². The van der Waals surface area contributed by atoms with Gasteiger partial charge in [0, 0.05) is 12.3 Å². The predicted molar refractivity (Wildman–Crippen MR) is 79.7 cm³/mol. The zero-order chi connectivity index (χ0) is 15.0. The molecule has 0 amide bonds. The predicted octanol–water partition coefficient (Wildman–Crippen LogP) is 0.154. The third-order valence-electron chi connectivity index (χ3n) is 2.62. The lowest BCUT2D eigenvalue weighted by atomic mass is 10.2. The van der Waals surface area contributed by atoms with Crippen molar-refractivity contribution in [2.45, 2.75) is 25.2 Å². The Kier molecular flexibility index (Phi) is 8.00. The molecule has 3 N–H and O–H groups in total. The molecule has 1 aliphatic heterocycles. The maximum absolute atomic E-state index is 11.4. The standard InChI is InChI=1S/C9H12N2O4.C2H6OS2/c12-5-6-1-2-8(15-6)11-4-3-7(13)10-9(11)14;1-4-5-2-3/h3-4,6,8,12H,1-2,5H2,(H,10,13,14);3H,2H2,1H3. The number of aliphatic hydroxyl groups excluding tert-OH is 2. The molecule has 9 heteroatoms. The second-order valence-corrected chi connectivity index (χ2v) is 6.44. The van der Waals surface area contributed by atoms with Gasteiger partial charge in [-0.15, -0.1) is 0 Å². The molecular weight excluding hydrogens is 304 g/mol. The molecule has 0 saturated carbocycles. The fourth-order valence-corrected chi connectivity index (χ4v) is 2.15. The Morgan fingerprint density at radius 3 is 2.65 bits per heavy atom. The monoisotopic (exact) mass is 322 g/mol. The van der Waals surface area contributed by atoms with Crippen molar-refractivity contribution in [1.29, 1.82) is 0 Å². The minimum Gasteiger partial charge on any atom is -0.394 e. The van der Waals surface area contributed by atoms with Gasteiger partial charge in [0.25, 0.3) is 5.56 Å². The molecule has 0 aliphatic carbocycles. The fraction of sp³-hybridized carbons (Fsp3) is 0.636. The van der Waals surface area contributed by atoms with E-state index >= 15 is 0 Å². The summed E-state index contributed by atoms with van der Waals surface area (Å²) in [6.07, 6.45) is 4.12. The number of rotatable bonds is 4. The topological polar surface area (TPSA) is 105 Å². The summed E-state index contributed by atoms with van der Waals surface area (Å²) in [4.78, 5) is 24.4. The van der Waals surface area contributed by atoms with Crippen molar-refractivity contribution in [2.75, 3.05) is 18.8 Å². The van der Waals surface area contributed by atoms with Crippen molar-refractivity contribution in [2.24, 2.45) is 0 Å². The molecule has 1 aromatic heterocycles. The van der Waals surface area contributed by atoms with Crippen LogP contribution in [-0.2, 0) is 4.74 Å². The number of aliphatic hydroxyl groups is 2. The van der Waals surface area contributed by atoms with Crippen LogP contribution >= 0.6 is 21.6 Å². The van der Waals surface area contributed by atoms with Gasteiger partial charge in [-0.25, -0.2) is 4.79 Å². The van der Waals surface area contributed by atoms with Gasteiger partial charge in [0.2, 0.25) is 0 Å². The first-order valence-electron chi connectivity index (χ1n) is 5.96. The first-order chi connectivity index (χ1) is 9.62. The van der Waals surface area contributed by atoms with E-state index in [4.69, 9.17) is 14.9 Å². The Hall–Kier alpha value is -0.740. The molecule has 20 heavy (non-hydrogen) atoms. The van der Waals surface area contributed by atoms with Crippen molar-refractivity contribution in [1.82, 2.24) is 9.55 Å². The van der Waals surface area contributed by atoms with Crippen LogP contribution < -0.4 is 11.2 Å². The molecule has 1 aliphatic rings. The number of hydrogen-bond donors (Lipinski definition) is 3. The fourth-order valence-electron chi connectivity index (χ4n) is 1.73. The van der Waals surface area contributed by atoms with Gasteiger partial charge in [0.15, 0.2) is 0 Å². The van der Waals surface area contributed by atoms with Crippen molar-refractivity contribution in [3.63, 3.8) is 0 Å². The first-order valence-corrected chi connectivity index (χ1v) is 8.69. The molecule has 1 aromatic rings. The van der Waals surface area contributed by atoms with Crippen LogP contribution in [0, 0.1) is 0 Å². The Morgan fingerprint density at radius 2 is 2.20 bits per heavy atom. The summed E-state index contributed by atoms with van der Waals surface area (Å²) in [5, 5.41) is 16.9. The van der Waals surface area contributed by atoms with Crippen molar-refractivity contribution >= 4 is 21.6 Å². The van der Waals surface area contributed by atoms with E-state index in [1.807, 2.05) is 6.26 Å². The number of hydrogen-bond acceptors (Lipinski definition) is 7. The summed E-state index contributed by atoms with van der Waals surface area (Å²) in [6, 6.07) is 1.27. The maximum atomic E-state index is 11.4. The smallest absolute Gasteiger partial charge is 0.330 e. The van der Waals surface area contributed by atoms with E-state index in [2.05, 4.69) is 4.98 Å². The van der Waals surface area contributed by atoms with Gasteiger partial charge in [0.1, 0.15) is 6.23 Å². The van der Waals surface area contributed by atoms with Crippen LogP contribution in [-0.4, -0.2) is 44.7 Å². The van der Waals surface area contributed by atoms with Crippen molar-refractivity contribution < 1.29 is 14.9 Å². The number of H-pyrrole nitrogens is 1. The van der Waals surface area contributed by atoms with E-state index in [-0.39, 0.29) is 24.9 Å². The summed E-state index contributed by atoms with van der Waals surface area (Å²) in [6.45, 7) is -0.0470. The van der Waals surface area contributed by atoms with Gasteiger partial charge >= 0.3 is 5.69 Å². The Bertz CT molecular complexity index is 502. The van der Waals surface area contributed by atoms with Gasteiger partial charge in [-0.1, -0.05) is 21.6 Å². The highest BCUT2D eigenvalue weighted by Crippen LogP contribution is 2.26. The number of aromatic amines is 1. The molecule has 2 rings (SSSR count). The molecule has 114 valence electrons. The highest BCUT2D eigenvalue weighted by Gasteiger charge is 2.26. The van der Waals surface area contributed by atoms with E-state index in [1.165, 1.54) is 27.6 Å². The van der Waals surface area contributed by atoms with E-state index in [1.54, 1.807) is 10.8 Å². The highest BCUT2D eigenvalue weighted by atomic mass is 33.1. The van der Waals surface area contributed by atoms with E-state index < -0.39 is 11.2 Å². The van der Waals surface area contributed by atoms with Crippen molar-refractivity contribution in [3.8, 4) is 0 Å². The van der Waals surface area contributed by atoms with Crippen LogP contribution in [0.4, 0.5) is 0 Å². The number of aromatic nitrogens is 2. The van der Waals surface area contributed by atoms with Gasteiger partial charge < -0.3 is 14.9 Å². The summed E-state index contributed by atoms with van der Waals surface area (Å²) in [5.74, 6) is 0.223. The summed E-state index contributed by atoms with van der Waals surface area (Å²) >= 11 is 0. The molecule has 1 saturated heterocycles. The molecule has 7 nitrogen and oxygen atoms in total. The average Bonchev–Trinajstić information content (AvgIpc) is 2.89. The second-order valence-electron chi connectivity index (χ2n) is 3.90. The largest absolute Gasteiger partial charge is 0.394 e. The number of ether oxygens (including phenoxy) is 1. The number of nitrogens with one attached hydrogen (secondary N) is 1. The summed E-state index contributed by atoms with van der Waals surface area (Å²) in [5.41, 5.74) is -0.904. The summed E-state index contributed by atoms with van der Waals surface area (Å²) < 4.78 is 6.74. The Morgan fingerprint density at radius 1 is 1.45 bits per heavy atom. The van der Waals surface area contributed by atoms with Crippen LogP contribution in [0.3, 0.4) is 0 Å². The van der Waals surface area contributed by atoms with Crippen LogP contribution in [0.15, 0.2) is 21.9 Å². The van der Waals surface area contributed by atoms with Crippen LogP contribution in [0.5, 0.6) is 0 Å². The molecular formula is C11H18N2O5S2. The Labute approximate surface area is 123 Å². The van der Waals surface area contributed by atoms with Gasteiger partial charge in [-0.05, 0) is 19.1 Å². The Balaban J connectivity index is 0.000000347. The lowest BCUT2D eigenvalue weighted by Gasteiger charge is -2.13. The normalized spacial score (nSPS) is 21.4. The van der Waals surface area contributed by atoms with E-state index in [9.17, 15) is 9.59 Å². The highest BCUT2D eigenvalue weighted by molar-refractivity contribution is 8.76. The molecule has 0 bridgehead atoms. The zero-order valence-corrected chi connectivity index (χ0v) is 12.7. The lowest BCUT2D eigenvalue weighted by Crippen LogP contribution is -2.31. The maximum Gasteiger partial charge on any atom is 0.330 e. The van der Waals surface area contributed by atoms with Gasteiger partial charge in [-0.2, -0.15) is 0 Å². The molecule has 2 unspecified atom stereocenters. The third-order valence-corrected chi connectivity index (χ3v) is 3.99.